The number of esters is 1. The zero-order valence-corrected chi connectivity index (χ0v) is 17.7. The Bertz CT molecular complexity index is 549. The average Bonchev–Trinajstić information content (AvgIpc) is 2.51. The van der Waals surface area contributed by atoms with Gasteiger partial charge in [0, 0.05) is 0 Å². The van der Waals surface area contributed by atoms with Gasteiger partial charge in [0.15, 0.2) is 0 Å². The van der Waals surface area contributed by atoms with Crippen LogP contribution >= 0.6 is 0 Å². The molecule has 1 saturated heterocycles. The van der Waals surface area contributed by atoms with Crippen molar-refractivity contribution in [1.29, 1.82) is 0 Å². The van der Waals surface area contributed by atoms with Gasteiger partial charge < -0.3 is 24.4 Å². The van der Waals surface area contributed by atoms with E-state index in [1.54, 1.807) is 41.5 Å². The minimum absolute atomic E-state index is 0.0355. The number of aliphatic hydroxyl groups excluding tert-OH is 2. The molecule has 2 amide bonds. The summed E-state index contributed by atoms with van der Waals surface area (Å²) in [5, 5.41) is 20.0. The summed E-state index contributed by atoms with van der Waals surface area (Å²) >= 11 is 0. The highest BCUT2D eigenvalue weighted by molar-refractivity contribution is 5.94. The fourth-order valence-electron chi connectivity index (χ4n) is 2.64. The Balaban J connectivity index is 3.22. The summed E-state index contributed by atoms with van der Waals surface area (Å²) < 4.78 is 15.8. The van der Waals surface area contributed by atoms with Crippen LogP contribution < -0.4 is 0 Å². The van der Waals surface area contributed by atoms with Crippen molar-refractivity contribution in [3.8, 4) is 0 Å². The molecular formula is C19H33NO8. The number of rotatable bonds is 1. The molecule has 0 unspecified atom stereocenters. The van der Waals surface area contributed by atoms with Gasteiger partial charge in [0.25, 0.3) is 0 Å². The molecule has 1 rings (SSSR count). The maximum Gasteiger partial charge on any atom is 0.420 e. The average molecular weight is 403 g/mol. The van der Waals surface area contributed by atoms with Crippen LogP contribution in [0.15, 0.2) is 0 Å². The summed E-state index contributed by atoms with van der Waals surface area (Å²) in [7, 11) is 0. The minimum Gasteiger partial charge on any atom is -0.458 e. The molecule has 0 radical (unpaired) electrons. The minimum atomic E-state index is -1.30. The summed E-state index contributed by atoms with van der Waals surface area (Å²) in [6, 6.07) is -1.30. The molecule has 0 aromatic rings. The SMILES string of the molecule is C[C@@H]1OC(=O)[C@@H](N(C(=O)OC(C)(C)C)C(=O)OC(C)(C)C)CCC[C@H](O)[C@H]1O. The van der Waals surface area contributed by atoms with E-state index in [1.165, 1.54) is 6.92 Å². The molecule has 0 spiro atoms. The Morgan fingerprint density at radius 2 is 1.46 bits per heavy atom. The standard InChI is InChI=1S/C19H33NO8/c1-11-14(22)13(21)10-8-9-12(15(23)26-11)20(16(24)27-18(2,3)4)17(25)28-19(5,6)7/h11-14,21-22H,8-10H2,1-7H3/t11-,12-,13-,14-/m0/s1. The number of amides is 2. The number of aliphatic hydroxyl groups is 2. The van der Waals surface area contributed by atoms with Crippen molar-refractivity contribution in [2.45, 2.75) is 103 Å². The van der Waals surface area contributed by atoms with E-state index in [-0.39, 0.29) is 19.3 Å². The lowest BCUT2D eigenvalue weighted by Gasteiger charge is -2.32. The van der Waals surface area contributed by atoms with Crippen LogP contribution in [0.3, 0.4) is 0 Å². The van der Waals surface area contributed by atoms with Crippen LogP contribution in [-0.4, -0.2) is 68.8 Å². The maximum atomic E-state index is 12.7. The highest BCUT2D eigenvalue weighted by atomic mass is 16.6. The van der Waals surface area contributed by atoms with Gasteiger partial charge in [-0.15, -0.1) is 0 Å². The second-order valence-corrected chi connectivity index (χ2v) is 8.98. The van der Waals surface area contributed by atoms with Crippen molar-refractivity contribution >= 4 is 18.2 Å². The smallest absolute Gasteiger partial charge is 0.420 e. The second kappa shape index (κ2) is 9.09. The summed E-state index contributed by atoms with van der Waals surface area (Å²) in [4.78, 5) is 38.8. The summed E-state index contributed by atoms with van der Waals surface area (Å²) in [5.41, 5.74) is -1.81. The predicted molar refractivity (Wildman–Crippen MR) is 99.5 cm³/mol. The molecular weight excluding hydrogens is 370 g/mol. The van der Waals surface area contributed by atoms with Gasteiger partial charge >= 0.3 is 18.2 Å². The molecule has 28 heavy (non-hydrogen) atoms. The first-order chi connectivity index (χ1) is 12.6. The number of imide groups is 1. The Kier molecular flexibility index (Phi) is 7.84. The fraction of sp³-hybridized carbons (Fsp3) is 0.842. The molecule has 9 nitrogen and oxygen atoms in total. The number of ether oxygens (including phenoxy) is 3. The van der Waals surface area contributed by atoms with Crippen molar-refractivity contribution in [2.75, 3.05) is 0 Å². The van der Waals surface area contributed by atoms with E-state index in [1.807, 2.05) is 0 Å². The van der Waals surface area contributed by atoms with Gasteiger partial charge in [0.05, 0.1) is 6.10 Å². The Labute approximate surface area is 165 Å². The van der Waals surface area contributed by atoms with Gasteiger partial charge in [-0.1, -0.05) is 0 Å². The summed E-state index contributed by atoms with van der Waals surface area (Å²) in [6.07, 6.45) is -4.94. The zero-order valence-electron chi connectivity index (χ0n) is 17.7. The third-order valence-electron chi connectivity index (χ3n) is 3.92. The predicted octanol–water partition coefficient (Wildman–Crippen LogP) is 2.36. The van der Waals surface area contributed by atoms with Crippen LogP contribution in [0.25, 0.3) is 0 Å². The lowest BCUT2D eigenvalue weighted by molar-refractivity contribution is -0.162. The van der Waals surface area contributed by atoms with Crippen LogP contribution in [0.1, 0.15) is 67.7 Å². The molecule has 0 aromatic heterocycles. The Morgan fingerprint density at radius 3 is 1.89 bits per heavy atom. The lowest BCUT2D eigenvalue weighted by Crippen LogP contribution is -2.53. The van der Waals surface area contributed by atoms with Crippen molar-refractivity contribution < 1.29 is 38.8 Å². The first-order valence-corrected chi connectivity index (χ1v) is 9.44. The number of hydrogen-bond acceptors (Lipinski definition) is 8. The molecule has 4 atom stereocenters. The topological polar surface area (TPSA) is 123 Å². The van der Waals surface area contributed by atoms with Gasteiger partial charge in [0.2, 0.25) is 0 Å². The molecule has 0 aromatic carbocycles. The Hall–Kier alpha value is -1.87. The van der Waals surface area contributed by atoms with Gasteiger partial charge in [-0.2, -0.15) is 4.90 Å². The largest absolute Gasteiger partial charge is 0.458 e. The molecule has 1 aliphatic heterocycles. The highest BCUT2D eigenvalue weighted by Gasteiger charge is 2.42. The van der Waals surface area contributed by atoms with E-state index < -0.39 is 53.7 Å². The molecule has 0 saturated carbocycles. The molecule has 2 N–H and O–H groups in total. The van der Waals surface area contributed by atoms with Crippen LogP contribution in [0.5, 0.6) is 0 Å². The first kappa shape index (κ1) is 24.2. The second-order valence-electron chi connectivity index (χ2n) is 8.98. The van der Waals surface area contributed by atoms with Gasteiger partial charge in [-0.25, -0.2) is 14.4 Å². The monoisotopic (exact) mass is 403 g/mol. The van der Waals surface area contributed by atoms with E-state index in [0.29, 0.717) is 4.90 Å². The highest BCUT2D eigenvalue weighted by Crippen LogP contribution is 2.23. The Morgan fingerprint density at radius 1 is 1.00 bits per heavy atom. The van der Waals surface area contributed by atoms with E-state index in [2.05, 4.69) is 0 Å². The van der Waals surface area contributed by atoms with Crippen molar-refractivity contribution in [3.05, 3.63) is 0 Å². The number of hydrogen-bond donors (Lipinski definition) is 2. The van der Waals surface area contributed by atoms with Crippen LogP contribution in [0.4, 0.5) is 9.59 Å². The van der Waals surface area contributed by atoms with Crippen molar-refractivity contribution in [1.82, 2.24) is 4.90 Å². The third kappa shape index (κ3) is 7.27. The zero-order chi connectivity index (χ0) is 21.9. The molecule has 162 valence electrons. The molecule has 0 aliphatic carbocycles. The van der Waals surface area contributed by atoms with Crippen LogP contribution in [0.2, 0.25) is 0 Å². The number of nitrogens with zero attached hydrogens (tertiary/aromatic N) is 1. The normalized spacial score (nSPS) is 27.0. The van der Waals surface area contributed by atoms with Crippen molar-refractivity contribution in [3.63, 3.8) is 0 Å². The number of cyclic esters (lactones) is 1. The van der Waals surface area contributed by atoms with E-state index in [0.717, 1.165) is 0 Å². The molecule has 1 fully saturated rings. The van der Waals surface area contributed by atoms with Gasteiger partial charge in [-0.05, 0) is 67.7 Å². The summed E-state index contributed by atoms with van der Waals surface area (Å²) in [6.45, 7) is 11.2. The van der Waals surface area contributed by atoms with Crippen LogP contribution in [-0.2, 0) is 19.0 Å². The quantitative estimate of drug-likeness (QED) is 0.505. The lowest BCUT2D eigenvalue weighted by atomic mass is 10.0. The molecule has 9 heteroatoms. The fourth-order valence-corrected chi connectivity index (χ4v) is 2.64. The van der Waals surface area contributed by atoms with Gasteiger partial charge in [-0.3, -0.25) is 0 Å². The maximum absolute atomic E-state index is 12.7. The van der Waals surface area contributed by atoms with Crippen molar-refractivity contribution in [2.24, 2.45) is 0 Å². The first-order valence-electron chi connectivity index (χ1n) is 9.44. The molecule has 1 aliphatic rings. The summed E-state index contributed by atoms with van der Waals surface area (Å²) in [5.74, 6) is -0.877. The van der Waals surface area contributed by atoms with Crippen LogP contribution in [0, 0.1) is 0 Å². The number of carbonyl (C=O) groups is 3. The third-order valence-corrected chi connectivity index (χ3v) is 3.92. The van der Waals surface area contributed by atoms with E-state index in [9.17, 15) is 24.6 Å². The van der Waals surface area contributed by atoms with Gasteiger partial charge in [0.1, 0.15) is 29.5 Å². The van der Waals surface area contributed by atoms with E-state index in [4.69, 9.17) is 14.2 Å². The molecule has 0 bridgehead atoms. The molecule has 1 heterocycles. The van der Waals surface area contributed by atoms with E-state index >= 15 is 0 Å². The number of carbonyl (C=O) groups excluding carboxylic acids is 3.